The molecule has 4 nitrogen and oxygen atoms in total. The van der Waals surface area contributed by atoms with Crippen molar-refractivity contribution in [3.05, 3.63) is 23.9 Å². The van der Waals surface area contributed by atoms with Gasteiger partial charge in [-0.1, -0.05) is 13.0 Å². The number of aromatic nitrogens is 1. The van der Waals surface area contributed by atoms with Crippen LogP contribution in [0, 0.1) is 0 Å². The molecule has 2 heterocycles. The Labute approximate surface area is 122 Å². The molecule has 0 spiro atoms. The van der Waals surface area contributed by atoms with Crippen molar-refractivity contribution in [3.63, 3.8) is 0 Å². The zero-order chi connectivity index (χ0) is 14.4. The van der Waals surface area contributed by atoms with E-state index in [0.29, 0.717) is 12.6 Å². The maximum absolute atomic E-state index is 5.37. The van der Waals surface area contributed by atoms with Crippen LogP contribution in [-0.2, 0) is 6.54 Å². The molecule has 1 atom stereocenters. The van der Waals surface area contributed by atoms with Crippen LogP contribution in [0.2, 0.25) is 0 Å². The van der Waals surface area contributed by atoms with Gasteiger partial charge in [0.15, 0.2) is 0 Å². The first kappa shape index (κ1) is 15.3. The van der Waals surface area contributed by atoms with Crippen LogP contribution in [0.1, 0.15) is 32.8 Å². The van der Waals surface area contributed by atoms with Crippen molar-refractivity contribution in [1.29, 1.82) is 0 Å². The van der Waals surface area contributed by atoms with E-state index >= 15 is 0 Å². The quantitative estimate of drug-likeness (QED) is 0.798. The number of pyridine rings is 1. The lowest BCUT2D eigenvalue weighted by Gasteiger charge is -2.37. The van der Waals surface area contributed by atoms with Crippen LogP contribution in [0.15, 0.2) is 18.3 Å². The monoisotopic (exact) mass is 277 g/mol. The van der Waals surface area contributed by atoms with Crippen molar-refractivity contribution in [2.45, 2.75) is 39.8 Å². The van der Waals surface area contributed by atoms with Crippen LogP contribution >= 0.6 is 0 Å². The van der Waals surface area contributed by atoms with Crippen LogP contribution in [0.5, 0.6) is 5.88 Å². The summed E-state index contributed by atoms with van der Waals surface area (Å²) in [5, 5.41) is 0. The molecule has 1 aromatic rings. The Balaban J connectivity index is 1.80. The number of nitrogens with zero attached hydrogens (tertiary/aromatic N) is 3. The summed E-state index contributed by atoms with van der Waals surface area (Å²) in [4.78, 5) is 9.43. The predicted molar refractivity (Wildman–Crippen MR) is 82.0 cm³/mol. The fraction of sp³-hybridized carbons (Fsp3) is 0.688. The number of hydrogen-bond acceptors (Lipinski definition) is 4. The molecule has 1 aliphatic heterocycles. The third-order valence-corrected chi connectivity index (χ3v) is 4.12. The minimum atomic E-state index is 0.671. The van der Waals surface area contributed by atoms with E-state index in [9.17, 15) is 0 Å². The van der Waals surface area contributed by atoms with E-state index in [1.54, 1.807) is 0 Å². The van der Waals surface area contributed by atoms with E-state index in [4.69, 9.17) is 4.74 Å². The van der Waals surface area contributed by atoms with E-state index in [2.05, 4.69) is 34.7 Å². The van der Waals surface area contributed by atoms with Crippen molar-refractivity contribution in [2.75, 3.05) is 32.8 Å². The van der Waals surface area contributed by atoms with Crippen molar-refractivity contribution in [3.8, 4) is 5.88 Å². The number of rotatable bonds is 6. The average molecular weight is 277 g/mol. The summed E-state index contributed by atoms with van der Waals surface area (Å²) < 4.78 is 5.37. The Morgan fingerprint density at radius 2 is 1.95 bits per heavy atom. The fourth-order valence-corrected chi connectivity index (χ4v) is 2.62. The zero-order valence-corrected chi connectivity index (χ0v) is 13.0. The normalized spacial score (nSPS) is 18.9. The van der Waals surface area contributed by atoms with Gasteiger partial charge in [0, 0.05) is 51.0 Å². The van der Waals surface area contributed by atoms with Crippen LogP contribution in [0.4, 0.5) is 0 Å². The molecular weight excluding hydrogens is 250 g/mol. The Bertz CT molecular complexity index is 385. The van der Waals surface area contributed by atoms with Gasteiger partial charge in [-0.2, -0.15) is 0 Å². The van der Waals surface area contributed by atoms with E-state index in [-0.39, 0.29) is 0 Å². The minimum absolute atomic E-state index is 0.671. The number of piperazine rings is 1. The fourth-order valence-electron chi connectivity index (χ4n) is 2.62. The molecule has 20 heavy (non-hydrogen) atoms. The Morgan fingerprint density at radius 3 is 2.50 bits per heavy atom. The second-order valence-electron chi connectivity index (χ2n) is 5.51. The van der Waals surface area contributed by atoms with Crippen LogP contribution in [0.25, 0.3) is 0 Å². The van der Waals surface area contributed by atoms with E-state index in [1.807, 2.05) is 19.2 Å². The first-order valence-corrected chi connectivity index (χ1v) is 7.77. The van der Waals surface area contributed by atoms with E-state index < -0.39 is 0 Å². The zero-order valence-electron chi connectivity index (χ0n) is 13.0. The SMILES string of the molecule is CCOc1ccc(CN2CCN(C(C)CC)CC2)cn1. The lowest BCUT2D eigenvalue weighted by atomic mass is 10.2. The molecule has 0 aromatic carbocycles. The molecule has 0 radical (unpaired) electrons. The summed E-state index contributed by atoms with van der Waals surface area (Å²) >= 11 is 0. The molecule has 0 aliphatic carbocycles. The van der Waals surface area contributed by atoms with Crippen LogP contribution in [0.3, 0.4) is 0 Å². The predicted octanol–water partition coefficient (Wildman–Crippen LogP) is 2.40. The Kier molecular flexibility index (Phi) is 5.80. The topological polar surface area (TPSA) is 28.6 Å². The summed E-state index contributed by atoms with van der Waals surface area (Å²) in [6.45, 7) is 12.9. The molecule has 1 unspecified atom stereocenters. The molecule has 0 saturated carbocycles. The third-order valence-electron chi connectivity index (χ3n) is 4.12. The number of ether oxygens (including phenoxy) is 1. The molecule has 1 aromatic heterocycles. The molecule has 2 rings (SSSR count). The highest BCUT2D eigenvalue weighted by Gasteiger charge is 2.19. The molecule has 0 N–H and O–H groups in total. The second kappa shape index (κ2) is 7.60. The Morgan fingerprint density at radius 1 is 1.20 bits per heavy atom. The lowest BCUT2D eigenvalue weighted by molar-refractivity contribution is 0.0963. The standard InChI is InChI=1S/C16H27N3O/c1-4-14(3)19-10-8-18(9-11-19)13-15-6-7-16(17-12-15)20-5-2/h6-7,12,14H,4-5,8-11,13H2,1-3H3. The summed E-state index contributed by atoms with van der Waals surface area (Å²) in [7, 11) is 0. The van der Waals surface area contributed by atoms with Crippen molar-refractivity contribution in [2.24, 2.45) is 0 Å². The minimum Gasteiger partial charge on any atom is -0.478 e. The van der Waals surface area contributed by atoms with E-state index in [0.717, 1.165) is 25.5 Å². The van der Waals surface area contributed by atoms with Gasteiger partial charge in [-0.05, 0) is 25.8 Å². The van der Waals surface area contributed by atoms with Crippen molar-refractivity contribution >= 4 is 0 Å². The van der Waals surface area contributed by atoms with Gasteiger partial charge in [0.2, 0.25) is 5.88 Å². The van der Waals surface area contributed by atoms with Gasteiger partial charge < -0.3 is 4.74 Å². The highest BCUT2D eigenvalue weighted by atomic mass is 16.5. The molecular formula is C16H27N3O. The summed E-state index contributed by atoms with van der Waals surface area (Å²) in [6.07, 6.45) is 3.18. The van der Waals surface area contributed by atoms with Gasteiger partial charge >= 0.3 is 0 Å². The largest absolute Gasteiger partial charge is 0.478 e. The molecule has 1 saturated heterocycles. The molecule has 4 heteroatoms. The maximum atomic E-state index is 5.37. The lowest BCUT2D eigenvalue weighted by Crippen LogP contribution is -2.48. The van der Waals surface area contributed by atoms with Gasteiger partial charge in [0.05, 0.1) is 6.61 Å². The van der Waals surface area contributed by atoms with Gasteiger partial charge in [-0.25, -0.2) is 4.98 Å². The van der Waals surface area contributed by atoms with Crippen LogP contribution in [-0.4, -0.2) is 53.6 Å². The summed E-state index contributed by atoms with van der Waals surface area (Å²) in [6, 6.07) is 4.80. The third kappa shape index (κ3) is 4.18. The average Bonchev–Trinajstić information content (AvgIpc) is 2.49. The van der Waals surface area contributed by atoms with Gasteiger partial charge in [0.25, 0.3) is 0 Å². The Hall–Kier alpha value is -1.13. The molecule has 112 valence electrons. The highest BCUT2D eigenvalue weighted by Crippen LogP contribution is 2.13. The molecule has 1 aliphatic rings. The van der Waals surface area contributed by atoms with Gasteiger partial charge in [-0.3, -0.25) is 9.80 Å². The first-order valence-electron chi connectivity index (χ1n) is 7.77. The first-order chi connectivity index (χ1) is 9.72. The van der Waals surface area contributed by atoms with Crippen molar-refractivity contribution < 1.29 is 4.74 Å². The maximum Gasteiger partial charge on any atom is 0.213 e. The second-order valence-corrected chi connectivity index (χ2v) is 5.51. The summed E-state index contributed by atoms with van der Waals surface area (Å²) in [5.41, 5.74) is 1.27. The van der Waals surface area contributed by atoms with Gasteiger partial charge in [-0.15, -0.1) is 0 Å². The molecule has 0 amide bonds. The van der Waals surface area contributed by atoms with E-state index in [1.165, 1.54) is 25.1 Å². The van der Waals surface area contributed by atoms with Gasteiger partial charge in [0.1, 0.15) is 0 Å². The highest BCUT2D eigenvalue weighted by molar-refractivity contribution is 5.17. The number of hydrogen-bond donors (Lipinski definition) is 0. The van der Waals surface area contributed by atoms with Crippen LogP contribution < -0.4 is 4.74 Å². The summed E-state index contributed by atoms with van der Waals surface area (Å²) in [5.74, 6) is 0.720. The smallest absolute Gasteiger partial charge is 0.213 e. The molecule has 1 fully saturated rings. The molecule has 0 bridgehead atoms. The van der Waals surface area contributed by atoms with Crippen molar-refractivity contribution in [1.82, 2.24) is 14.8 Å².